The molecule has 0 atom stereocenters. The van der Waals surface area contributed by atoms with Crippen molar-refractivity contribution in [2.24, 2.45) is 12.0 Å². The molecule has 0 spiro atoms. The van der Waals surface area contributed by atoms with E-state index in [-0.39, 0.29) is 0 Å². The van der Waals surface area contributed by atoms with E-state index >= 15 is 0 Å². The maximum absolute atomic E-state index is 4.52. The minimum Gasteiger partial charge on any atom is -0.338 e. The molecule has 4 aromatic rings. The number of nitrogens with zero attached hydrogens (tertiary/aromatic N) is 5. The van der Waals surface area contributed by atoms with Crippen molar-refractivity contribution < 1.29 is 0 Å². The van der Waals surface area contributed by atoms with E-state index in [1.165, 1.54) is 16.7 Å². The fourth-order valence-electron chi connectivity index (χ4n) is 3.60. The Kier molecular flexibility index (Phi) is 5.62. The third kappa shape index (κ3) is 4.38. The van der Waals surface area contributed by atoms with Crippen LogP contribution < -0.4 is 15.9 Å². The lowest BCUT2D eigenvalue weighted by molar-refractivity contribution is 0.947. The van der Waals surface area contributed by atoms with E-state index in [0.717, 1.165) is 28.4 Å². The van der Waals surface area contributed by atoms with Crippen LogP contribution in [0.4, 0.5) is 5.69 Å². The van der Waals surface area contributed by atoms with Crippen molar-refractivity contribution in [2.75, 3.05) is 5.32 Å². The molecule has 0 bridgehead atoms. The predicted octanol–water partition coefficient (Wildman–Crippen LogP) is 3.25. The molecular formula is C25H26N6. The third-order valence-electron chi connectivity index (χ3n) is 5.26. The van der Waals surface area contributed by atoms with Crippen LogP contribution >= 0.6 is 0 Å². The first-order chi connectivity index (χ1) is 14.9. The number of imidazole rings is 1. The van der Waals surface area contributed by atoms with Crippen molar-refractivity contribution in [3.05, 3.63) is 82.0 Å². The van der Waals surface area contributed by atoms with Gasteiger partial charge in [-0.25, -0.2) is 19.9 Å². The minimum atomic E-state index is 0.658. The molecule has 6 heteroatoms. The first kappa shape index (κ1) is 20.5. The second-order valence-electron chi connectivity index (χ2n) is 7.65. The topological polar surface area (TPSA) is 68.0 Å². The first-order valence-corrected chi connectivity index (χ1v) is 10.2. The molecule has 0 aliphatic rings. The summed E-state index contributed by atoms with van der Waals surface area (Å²) in [5, 5.41) is 4.84. The van der Waals surface area contributed by atoms with Crippen molar-refractivity contribution in [3.8, 4) is 0 Å². The number of benzene rings is 2. The number of rotatable bonds is 5. The molecule has 6 nitrogen and oxygen atoms in total. The summed E-state index contributed by atoms with van der Waals surface area (Å²) in [6.07, 6.45) is 6.17. The van der Waals surface area contributed by atoms with Crippen LogP contribution in [0.1, 0.15) is 29.4 Å². The highest BCUT2D eigenvalue weighted by Crippen LogP contribution is 2.22. The summed E-state index contributed by atoms with van der Waals surface area (Å²) in [7, 11) is 2.01. The normalized spacial score (nSPS) is 12.5. The Hall–Kier alpha value is -3.80. The van der Waals surface area contributed by atoms with Gasteiger partial charge >= 0.3 is 0 Å². The van der Waals surface area contributed by atoms with E-state index in [1.807, 2.05) is 31.8 Å². The van der Waals surface area contributed by atoms with Crippen LogP contribution in [0.2, 0.25) is 0 Å². The van der Waals surface area contributed by atoms with Crippen molar-refractivity contribution >= 4 is 35.3 Å². The van der Waals surface area contributed by atoms with E-state index in [0.29, 0.717) is 17.0 Å². The molecule has 0 fully saturated rings. The van der Waals surface area contributed by atoms with Gasteiger partial charge in [0.15, 0.2) is 5.82 Å². The molecule has 0 radical (unpaired) electrons. The van der Waals surface area contributed by atoms with Crippen LogP contribution in [0.25, 0.3) is 23.4 Å². The summed E-state index contributed by atoms with van der Waals surface area (Å²) in [6, 6.07) is 12.8. The Morgan fingerprint density at radius 3 is 2.77 bits per heavy atom. The van der Waals surface area contributed by atoms with Gasteiger partial charge in [-0.1, -0.05) is 18.7 Å². The van der Waals surface area contributed by atoms with Crippen LogP contribution in [0.15, 0.2) is 53.9 Å². The summed E-state index contributed by atoms with van der Waals surface area (Å²) in [6.45, 7) is 9.91. The molecule has 0 saturated carbocycles. The fraction of sp³-hybridized carbons (Fsp3) is 0.200. The minimum absolute atomic E-state index is 0.658. The smallest absolute Gasteiger partial charge is 0.156 e. The Balaban J connectivity index is 1.63. The Bertz CT molecular complexity index is 1400. The Morgan fingerprint density at radius 1 is 1.16 bits per heavy atom. The molecule has 156 valence electrons. The largest absolute Gasteiger partial charge is 0.338 e. The fourth-order valence-corrected chi connectivity index (χ4v) is 3.60. The van der Waals surface area contributed by atoms with Crippen LogP contribution in [0.3, 0.4) is 0 Å². The zero-order chi connectivity index (χ0) is 22.0. The van der Waals surface area contributed by atoms with Gasteiger partial charge in [-0.3, -0.25) is 0 Å². The van der Waals surface area contributed by atoms with Gasteiger partial charge in [0.2, 0.25) is 0 Å². The van der Waals surface area contributed by atoms with Gasteiger partial charge in [0.25, 0.3) is 0 Å². The number of hydrogen-bond acceptors (Lipinski definition) is 5. The lowest BCUT2D eigenvalue weighted by atomic mass is 9.99. The second kappa shape index (κ2) is 8.52. The molecule has 2 aromatic carbocycles. The van der Waals surface area contributed by atoms with Gasteiger partial charge in [0, 0.05) is 30.4 Å². The molecule has 0 saturated heterocycles. The molecular weight excluding hydrogens is 384 g/mol. The molecule has 31 heavy (non-hydrogen) atoms. The average molecular weight is 411 g/mol. The Morgan fingerprint density at radius 2 is 2.00 bits per heavy atom. The molecule has 0 unspecified atom stereocenters. The number of fused-ring (bicyclic) bond motifs is 1. The van der Waals surface area contributed by atoms with Gasteiger partial charge in [-0.05, 0) is 68.1 Å². The number of aryl methyl sites for hydroxylation is 3. The molecule has 4 rings (SSSR count). The molecule has 2 aromatic heterocycles. The first-order valence-electron chi connectivity index (χ1n) is 10.2. The van der Waals surface area contributed by atoms with Gasteiger partial charge in [0.05, 0.1) is 17.4 Å². The van der Waals surface area contributed by atoms with Crippen molar-refractivity contribution in [1.29, 1.82) is 0 Å². The highest BCUT2D eigenvalue weighted by molar-refractivity contribution is 5.76. The third-order valence-corrected chi connectivity index (χ3v) is 5.26. The monoisotopic (exact) mass is 410 g/mol. The van der Waals surface area contributed by atoms with Crippen molar-refractivity contribution in [1.82, 2.24) is 19.5 Å². The van der Waals surface area contributed by atoms with E-state index in [9.17, 15) is 0 Å². The predicted molar refractivity (Wildman–Crippen MR) is 127 cm³/mol. The van der Waals surface area contributed by atoms with Crippen LogP contribution in [0, 0.1) is 13.8 Å². The summed E-state index contributed by atoms with van der Waals surface area (Å²) in [5.74, 6) is 1.34. The molecule has 2 heterocycles. The maximum atomic E-state index is 4.52. The lowest BCUT2D eigenvalue weighted by Gasteiger charge is -2.11. The summed E-state index contributed by atoms with van der Waals surface area (Å²) >= 11 is 0. The van der Waals surface area contributed by atoms with E-state index in [1.54, 1.807) is 12.4 Å². The Labute approximate surface area is 181 Å². The standard InChI is InChI=1S/C25H26N6/c1-6-26-25(24-17(3)14-27-18(4)29-24)30-21-9-8-20(16(2)11-21)12-19-7-10-23-22(13-19)28-15-31(23)5/h6-11,13-15,30H,3,12H2,1-2,4-5H3/b25-24-,26-6?. The highest BCUT2D eigenvalue weighted by Gasteiger charge is 2.07. The van der Waals surface area contributed by atoms with Gasteiger partial charge in [-0.15, -0.1) is 0 Å². The molecule has 0 amide bonds. The van der Waals surface area contributed by atoms with Gasteiger partial charge < -0.3 is 9.88 Å². The van der Waals surface area contributed by atoms with E-state index in [2.05, 4.69) is 75.2 Å². The second-order valence-corrected chi connectivity index (χ2v) is 7.65. The summed E-state index contributed by atoms with van der Waals surface area (Å²) in [5.41, 5.74) is 6.85. The molecule has 0 aliphatic heterocycles. The summed E-state index contributed by atoms with van der Waals surface area (Å²) < 4.78 is 2.04. The van der Waals surface area contributed by atoms with Crippen molar-refractivity contribution in [3.63, 3.8) is 0 Å². The lowest BCUT2D eigenvalue weighted by Crippen LogP contribution is -2.32. The molecule has 1 N–H and O–H groups in total. The SMILES string of the molecule is C=c1cnc(C)n/c1=C(/N=CC)Nc1ccc(Cc2ccc3c(c2)ncn3C)c(C)c1. The number of aliphatic imine (C=N–C) groups is 1. The van der Waals surface area contributed by atoms with Crippen LogP contribution in [-0.2, 0) is 13.5 Å². The number of nitrogens with one attached hydrogen (secondary N) is 1. The quantitative estimate of drug-likeness (QED) is 0.513. The number of aromatic nitrogens is 4. The zero-order valence-corrected chi connectivity index (χ0v) is 18.3. The van der Waals surface area contributed by atoms with Gasteiger partial charge in [0.1, 0.15) is 11.2 Å². The van der Waals surface area contributed by atoms with Crippen LogP contribution in [-0.4, -0.2) is 25.7 Å². The molecule has 0 aliphatic carbocycles. The summed E-state index contributed by atoms with van der Waals surface area (Å²) in [4.78, 5) is 17.7. The maximum Gasteiger partial charge on any atom is 0.156 e. The van der Waals surface area contributed by atoms with E-state index in [4.69, 9.17) is 0 Å². The number of hydrogen-bond donors (Lipinski definition) is 1. The van der Waals surface area contributed by atoms with E-state index < -0.39 is 0 Å². The van der Waals surface area contributed by atoms with Gasteiger partial charge in [-0.2, -0.15) is 0 Å². The zero-order valence-electron chi connectivity index (χ0n) is 18.3. The van der Waals surface area contributed by atoms with Crippen LogP contribution in [0.5, 0.6) is 0 Å². The van der Waals surface area contributed by atoms with Crippen molar-refractivity contribution in [2.45, 2.75) is 27.2 Å². The highest BCUT2D eigenvalue weighted by atomic mass is 15.0. The average Bonchev–Trinajstić information content (AvgIpc) is 3.12. The number of anilines is 1.